The minimum atomic E-state index is 0.237. The van der Waals surface area contributed by atoms with Crippen LogP contribution < -0.4 is 5.73 Å². The molecule has 0 radical (unpaired) electrons. The molecule has 0 spiro atoms. The molecule has 0 bridgehead atoms. The van der Waals surface area contributed by atoms with Gasteiger partial charge in [-0.2, -0.15) is 11.8 Å². The van der Waals surface area contributed by atoms with Gasteiger partial charge in [-0.25, -0.2) is 0 Å². The van der Waals surface area contributed by atoms with Crippen LogP contribution in [-0.4, -0.2) is 28.6 Å². The molecule has 0 aliphatic heterocycles. The molecule has 4 heteroatoms. The second-order valence-electron chi connectivity index (χ2n) is 4.01. The van der Waals surface area contributed by atoms with Crippen LogP contribution in [0.2, 0.25) is 0 Å². The van der Waals surface area contributed by atoms with Crippen LogP contribution in [-0.2, 0) is 0 Å². The van der Waals surface area contributed by atoms with Gasteiger partial charge in [-0.3, -0.25) is 5.41 Å². The molecule has 1 fully saturated rings. The Kier molecular flexibility index (Phi) is 3.62. The highest BCUT2D eigenvalue weighted by Gasteiger charge is 2.42. The Hall–Kier alpha value is -0.220. The van der Waals surface area contributed by atoms with Crippen molar-refractivity contribution in [2.75, 3.05) is 12.4 Å². The predicted octanol–water partition coefficient (Wildman–Crippen LogP) is 1.21. The molecule has 0 saturated heterocycles. The van der Waals surface area contributed by atoms with E-state index in [1.165, 1.54) is 12.8 Å². The number of amidine groups is 1. The first-order valence-corrected chi connectivity index (χ1v) is 5.68. The summed E-state index contributed by atoms with van der Waals surface area (Å²) in [4.78, 5) is 0. The average Bonchev–Trinajstić information content (AvgIpc) is 2.80. The third-order valence-electron chi connectivity index (χ3n) is 2.45. The van der Waals surface area contributed by atoms with E-state index in [9.17, 15) is 0 Å². The first kappa shape index (κ1) is 10.9. The van der Waals surface area contributed by atoms with E-state index in [0.29, 0.717) is 16.5 Å². The Morgan fingerprint density at radius 3 is 2.69 bits per heavy atom. The first-order valence-electron chi connectivity index (χ1n) is 4.63. The van der Waals surface area contributed by atoms with Gasteiger partial charge in [-0.05, 0) is 24.0 Å². The lowest BCUT2D eigenvalue weighted by Crippen LogP contribution is -2.19. The average molecular weight is 202 g/mol. The van der Waals surface area contributed by atoms with E-state index in [4.69, 9.17) is 16.2 Å². The quantitative estimate of drug-likeness (QED) is 0.448. The second-order valence-corrected chi connectivity index (χ2v) is 5.43. The monoisotopic (exact) mass is 202 g/mol. The van der Waals surface area contributed by atoms with E-state index < -0.39 is 0 Å². The van der Waals surface area contributed by atoms with E-state index in [-0.39, 0.29) is 6.61 Å². The number of rotatable bonds is 6. The number of aliphatic hydroxyl groups excluding tert-OH is 1. The molecule has 3 nitrogen and oxygen atoms in total. The van der Waals surface area contributed by atoms with Gasteiger partial charge in [0, 0.05) is 11.7 Å². The van der Waals surface area contributed by atoms with Gasteiger partial charge < -0.3 is 10.8 Å². The van der Waals surface area contributed by atoms with Crippen LogP contribution >= 0.6 is 11.8 Å². The Bertz CT molecular complexity index is 192. The Morgan fingerprint density at radius 1 is 1.69 bits per heavy atom. The zero-order chi connectivity index (χ0) is 9.90. The summed E-state index contributed by atoms with van der Waals surface area (Å²) >= 11 is 1.79. The maximum Gasteiger partial charge on any atom is 0.0911 e. The van der Waals surface area contributed by atoms with E-state index in [1.807, 2.05) is 6.92 Å². The van der Waals surface area contributed by atoms with Gasteiger partial charge in [0.2, 0.25) is 0 Å². The molecule has 0 heterocycles. The molecule has 1 aliphatic carbocycles. The van der Waals surface area contributed by atoms with E-state index in [0.717, 1.165) is 12.2 Å². The van der Waals surface area contributed by atoms with Gasteiger partial charge in [0.25, 0.3) is 0 Å². The van der Waals surface area contributed by atoms with Gasteiger partial charge in [0.05, 0.1) is 12.4 Å². The van der Waals surface area contributed by atoms with Crippen molar-refractivity contribution in [1.82, 2.24) is 0 Å². The van der Waals surface area contributed by atoms with Crippen molar-refractivity contribution in [2.45, 2.75) is 31.4 Å². The van der Waals surface area contributed by atoms with Gasteiger partial charge >= 0.3 is 0 Å². The van der Waals surface area contributed by atoms with Crippen LogP contribution in [0.5, 0.6) is 0 Å². The maximum atomic E-state index is 8.85. The minimum absolute atomic E-state index is 0.237. The summed E-state index contributed by atoms with van der Waals surface area (Å²) < 4.78 is 0. The van der Waals surface area contributed by atoms with E-state index >= 15 is 0 Å². The number of hydrogen-bond acceptors (Lipinski definition) is 3. The zero-order valence-corrected chi connectivity index (χ0v) is 8.86. The molecule has 13 heavy (non-hydrogen) atoms. The van der Waals surface area contributed by atoms with Crippen molar-refractivity contribution >= 4 is 17.6 Å². The number of nitrogens with one attached hydrogen (secondary N) is 1. The summed E-state index contributed by atoms with van der Waals surface area (Å²) in [5.74, 6) is 1.34. The number of hydrogen-bond donors (Lipinski definition) is 3. The zero-order valence-electron chi connectivity index (χ0n) is 8.05. The number of aliphatic hydroxyl groups is 1. The molecular weight excluding hydrogens is 184 g/mol. The number of thioether (sulfide) groups is 1. The summed E-state index contributed by atoms with van der Waals surface area (Å²) in [7, 11) is 0. The fraction of sp³-hybridized carbons (Fsp3) is 0.889. The molecular formula is C9H18N2OS. The molecule has 1 aliphatic rings. The highest BCUT2D eigenvalue weighted by Crippen LogP contribution is 2.51. The highest BCUT2D eigenvalue weighted by molar-refractivity contribution is 7.99. The summed E-state index contributed by atoms with van der Waals surface area (Å²) in [6.45, 7) is 2.26. The molecule has 1 atom stereocenters. The molecule has 1 saturated carbocycles. The van der Waals surface area contributed by atoms with Crippen LogP contribution in [0.25, 0.3) is 0 Å². The lowest BCUT2D eigenvalue weighted by Gasteiger charge is -2.15. The lowest BCUT2D eigenvalue weighted by atomic mass is 10.1. The van der Waals surface area contributed by atoms with Crippen molar-refractivity contribution in [1.29, 1.82) is 5.41 Å². The predicted molar refractivity (Wildman–Crippen MR) is 57.2 cm³/mol. The molecule has 0 amide bonds. The third-order valence-corrected chi connectivity index (χ3v) is 3.95. The fourth-order valence-corrected chi connectivity index (χ4v) is 2.46. The van der Waals surface area contributed by atoms with Crippen LogP contribution in [0.3, 0.4) is 0 Å². The molecule has 0 aromatic carbocycles. The van der Waals surface area contributed by atoms with Gasteiger partial charge in [0.15, 0.2) is 0 Å². The summed E-state index contributed by atoms with van der Waals surface area (Å²) in [5.41, 5.74) is 5.69. The Morgan fingerprint density at radius 2 is 2.31 bits per heavy atom. The van der Waals surface area contributed by atoms with E-state index in [2.05, 4.69) is 0 Å². The largest absolute Gasteiger partial charge is 0.395 e. The van der Waals surface area contributed by atoms with Crippen LogP contribution in [0, 0.1) is 10.8 Å². The molecule has 1 rings (SSSR count). The van der Waals surface area contributed by atoms with Crippen molar-refractivity contribution < 1.29 is 5.11 Å². The Labute approximate surface area is 83.6 Å². The smallest absolute Gasteiger partial charge is 0.0911 e. The normalized spacial score (nSPS) is 21.1. The van der Waals surface area contributed by atoms with Crippen LogP contribution in [0.15, 0.2) is 0 Å². The summed E-state index contributed by atoms with van der Waals surface area (Å²) in [6.07, 6.45) is 3.12. The fourth-order valence-electron chi connectivity index (χ4n) is 1.32. The molecule has 1 unspecified atom stereocenters. The standard InChI is InChI=1S/C9H18N2OS/c1-7(5-12)13-6-9(2-3-9)4-8(10)11/h7,12H,2-6H2,1H3,(H3,10,11). The van der Waals surface area contributed by atoms with Crippen molar-refractivity contribution in [3.63, 3.8) is 0 Å². The minimum Gasteiger partial charge on any atom is -0.395 e. The topological polar surface area (TPSA) is 70.1 Å². The van der Waals surface area contributed by atoms with Crippen LogP contribution in [0.4, 0.5) is 0 Å². The third kappa shape index (κ3) is 3.56. The first-order chi connectivity index (χ1) is 6.08. The van der Waals surface area contributed by atoms with Gasteiger partial charge in [-0.15, -0.1) is 0 Å². The van der Waals surface area contributed by atoms with Crippen molar-refractivity contribution in [3.8, 4) is 0 Å². The van der Waals surface area contributed by atoms with Crippen LogP contribution in [0.1, 0.15) is 26.2 Å². The van der Waals surface area contributed by atoms with Gasteiger partial charge in [0.1, 0.15) is 0 Å². The SMILES string of the molecule is CC(CO)SCC1(CC(=N)N)CC1. The molecule has 0 aromatic rings. The maximum absolute atomic E-state index is 8.85. The lowest BCUT2D eigenvalue weighted by molar-refractivity contribution is 0.300. The van der Waals surface area contributed by atoms with Gasteiger partial charge in [-0.1, -0.05) is 6.92 Å². The van der Waals surface area contributed by atoms with Crippen molar-refractivity contribution in [2.24, 2.45) is 11.1 Å². The molecule has 4 N–H and O–H groups in total. The second kappa shape index (κ2) is 4.33. The Balaban J connectivity index is 2.23. The molecule has 76 valence electrons. The summed E-state index contributed by atoms with van der Waals surface area (Å²) in [6, 6.07) is 0. The number of nitrogens with two attached hydrogens (primary N) is 1. The highest BCUT2D eigenvalue weighted by atomic mass is 32.2. The van der Waals surface area contributed by atoms with Crippen molar-refractivity contribution in [3.05, 3.63) is 0 Å². The molecule has 0 aromatic heterocycles. The summed E-state index contributed by atoms with van der Waals surface area (Å²) in [5, 5.41) is 16.4. The van der Waals surface area contributed by atoms with E-state index in [1.54, 1.807) is 11.8 Å².